The molecule has 4 aromatic carbocycles. The maximum Gasteiger partial charge on any atom is 0.174 e. The van der Waals surface area contributed by atoms with Gasteiger partial charge in [0, 0.05) is 17.8 Å². The highest BCUT2D eigenvalue weighted by atomic mass is 127. The fourth-order valence-corrected chi connectivity index (χ4v) is 6.43. The van der Waals surface area contributed by atoms with E-state index in [9.17, 15) is 0 Å². The number of nitrogens with one attached hydrogen (secondary N) is 1. The predicted molar refractivity (Wildman–Crippen MR) is 168 cm³/mol. The molecule has 1 N–H and O–H groups in total. The number of aryl methyl sites for hydroxylation is 1. The largest absolute Gasteiger partial charge is 0.493 e. The van der Waals surface area contributed by atoms with Crippen LogP contribution in [0, 0.1) is 16.4 Å². The molecule has 5 heteroatoms. The van der Waals surface area contributed by atoms with Crippen molar-refractivity contribution in [3.63, 3.8) is 0 Å². The number of fused-ring (bicyclic) bond motifs is 3. The molecule has 0 unspecified atom stereocenters. The highest BCUT2D eigenvalue weighted by Crippen LogP contribution is 2.50. The van der Waals surface area contributed by atoms with Crippen molar-refractivity contribution >= 4 is 40.2 Å². The zero-order valence-electron chi connectivity index (χ0n) is 22.1. The van der Waals surface area contributed by atoms with E-state index in [-0.39, 0.29) is 6.04 Å². The van der Waals surface area contributed by atoms with Gasteiger partial charge in [0.1, 0.15) is 6.61 Å². The van der Waals surface area contributed by atoms with Crippen LogP contribution in [0.2, 0.25) is 0 Å². The van der Waals surface area contributed by atoms with E-state index in [0.717, 1.165) is 32.6 Å². The Bertz CT molecular complexity index is 1530. The van der Waals surface area contributed by atoms with Crippen molar-refractivity contribution in [2.75, 3.05) is 12.4 Å². The van der Waals surface area contributed by atoms with Gasteiger partial charge in [0.2, 0.25) is 0 Å². The van der Waals surface area contributed by atoms with Crippen LogP contribution in [-0.4, -0.2) is 13.3 Å². The summed E-state index contributed by atoms with van der Waals surface area (Å²) in [7, 11) is 1.67. The molecular weight excluding hydrogens is 595 g/mol. The first-order valence-electron chi connectivity index (χ1n) is 13.3. The maximum atomic E-state index is 6.10. The molecule has 1 heterocycles. The van der Waals surface area contributed by atoms with Crippen LogP contribution >= 0.6 is 22.6 Å². The Morgan fingerprint density at radius 3 is 2.62 bits per heavy atom. The van der Waals surface area contributed by atoms with E-state index in [1.165, 1.54) is 22.4 Å². The van der Waals surface area contributed by atoms with Crippen LogP contribution in [0.1, 0.15) is 46.2 Å². The van der Waals surface area contributed by atoms with Gasteiger partial charge in [-0.25, -0.2) is 0 Å². The molecule has 1 aliphatic heterocycles. The van der Waals surface area contributed by atoms with Gasteiger partial charge in [-0.1, -0.05) is 72.3 Å². The Balaban J connectivity index is 1.17. The lowest BCUT2D eigenvalue weighted by Crippen LogP contribution is -2.29. The molecule has 3 atom stereocenters. The summed E-state index contributed by atoms with van der Waals surface area (Å²) in [6.45, 7) is 2.66. The number of ether oxygens (including phenoxy) is 2. The molecule has 39 heavy (non-hydrogen) atoms. The zero-order valence-corrected chi connectivity index (χ0v) is 24.3. The third-order valence-electron chi connectivity index (χ3n) is 7.61. The smallest absolute Gasteiger partial charge is 0.174 e. The minimum absolute atomic E-state index is 0.285. The Morgan fingerprint density at radius 2 is 1.82 bits per heavy atom. The van der Waals surface area contributed by atoms with Crippen LogP contribution in [0.4, 0.5) is 11.4 Å². The van der Waals surface area contributed by atoms with Crippen LogP contribution in [0.25, 0.3) is 0 Å². The van der Waals surface area contributed by atoms with Crippen LogP contribution in [-0.2, 0) is 6.61 Å². The first-order chi connectivity index (χ1) is 19.1. The summed E-state index contributed by atoms with van der Waals surface area (Å²) >= 11 is 2.30. The SMILES string of the molecule is COc1cc(C=Nc2ccc([C@@H]3Nc4ccc(C)cc4[C@H]4C=CC[C@@H]43)cc2)cc(I)c1OCc1ccccc1. The van der Waals surface area contributed by atoms with E-state index in [1.807, 2.05) is 30.5 Å². The fourth-order valence-electron chi connectivity index (χ4n) is 5.64. The van der Waals surface area contributed by atoms with E-state index in [1.54, 1.807) is 7.11 Å². The minimum atomic E-state index is 0.285. The van der Waals surface area contributed by atoms with Crippen LogP contribution in [0.5, 0.6) is 11.5 Å². The van der Waals surface area contributed by atoms with Crippen LogP contribution < -0.4 is 14.8 Å². The van der Waals surface area contributed by atoms with Gasteiger partial charge >= 0.3 is 0 Å². The molecule has 0 radical (unpaired) electrons. The summed E-state index contributed by atoms with van der Waals surface area (Å²) < 4.78 is 12.7. The molecule has 6 rings (SSSR count). The standard InChI is InChI=1S/C34H31IN2O2/c1-22-11-16-31-29(17-22)27-9-6-10-28(27)33(37-31)25-12-14-26(15-13-25)36-20-24-18-30(35)34(32(19-24)38-2)39-21-23-7-4-3-5-8-23/h3-9,11-20,27-28,33,37H,10,21H2,1-2H3/t27-,28-,33-/m0/s1. The first kappa shape index (κ1) is 25.7. The Kier molecular flexibility index (Phi) is 7.42. The van der Waals surface area contributed by atoms with Gasteiger partial charge in [-0.15, -0.1) is 0 Å². The molecule has 2 aliphatic rings. The van der Waals surface area contributed by atoms with E-state index in [4.69, 9.17) is 14.5 Å². The number of hydrogen-bond donors (Lipinski definition) is 1. The summed E-state index contributed by atoms with van der Waals surface area (Å²) in [5, 5.41) is 3.83. The number of aliphatic imine (C=N–C) groups is 1. The van der Waals surface area contributed by atoms with Gasteiger partial charge < -0.3 is 14.8 Å². The fraction of sp³-hybridized carbons (Fsp3) is 0.206. The van der Waals surface area contributed by atoms with Crippen molar-refractivity contribution < 1.29 is 9.47 Å². The quantitative estimate of drug-likeness (QED) is 0.127. The number of allylic oxidation sites excluding steroid dienone is 2. The number of benzene rings is 4. The topological polar surface area (TPSA) is 42.8 Å². The molecular formula is C34H31IN2O2. The highest BCUT2D eigenvalue weighted by Gasteiger charge is 2.37. The molecule has 1 aliphatic carbocycles. The lowest BCUT2D eigenvalue weighted by atomic mass is 9.76. The lowest BCUT2D eigenvalue weighted by Gasteiger charge is -2.37. The van der Waals surface area contributed by atoms with E-state index >= 15 is 0 Å². The minimum Gasteiger partial charge on any atom is -0.493 e. The Labute approximate surface area is 243 Å². The maximum absolute atomic E-state index is 6.10. The molecule has 0 saturated heterocycles. The van der Waals surface area contributed by atoms with Crippen molar-refractivity contribution in [1.82, 2.24) is 0 Å². The average molecular weight is 627 g/mol. The molecule has 0 aromatic heterocycles. The lowest BCUT2D eigenvalue weighted by molar-refractivity contribution is 0.282. The van der Waals surface area contributed by atoms with Gasteiger partial charge in [0.25, 0.3) is 0 Å². The summed E-state index contributed by atoms with van der Waals surface area (Å²) in [5.74, 6) is 2.46. The molecule has 0 fully saturated rings. The molecule has 196 valence electrons. The molecule has 0 amide bonds. The van der Waals surface area contributed by atoms with E-state index in [0.29, 0.717) is 24.2 Å². The second kappa shape index (κ2) is 11.3. The molecule has 0 bridgehead atoms. The van der Waals surface area contributed by atoms with Crippen molar-refractivity contribution in [2.24, 2.45) is 10.9 Å². The number of halogens is 1. The number of anilines is 1. The van der Waals surface area contributed by atoms with Gasteiger partial charge in [0.05, 0.1) is 22.4 Å². The van der Waals surface area contributed by atoms with Gasteiger partial charge in [-0.3, -0.25) is 4.99 Å². The van der Waals surface area contributed by atoms with E-state index in [2.05, 4.69) is 108 Å². The Morgan fingerprint density at radius 1 is 1.00 bits per heavy atom. The van der Waals surface area contributed by atoms with Crippen molar-refractivity contribution in [3.8, 4) is 11.5 Å². The highest BCUT2D eigenvalue weighted by molar-refractivity contribution is 14.1. The molecule has 4 aromatic rings. The van der Waals surface area contributed by atoms with Gasteiger partial charge in [-0.2, -0.15) is 0 Å². The monoisotopic (exact) mass is 626 g/mol. The third kappa shape index (κ3) is 5.46. The molecule has 0 spiro atoms. The second-order valence-corrected chi connectivity index (χ2v) is 11.4. The second-order valence-electron chi connectivity index (χ2n) is 10.2. The number of methoxy groups -OCH3 is 1. The van der Waals surface area contributed by atoms with Gasteiger partial charge in [0.15, 0.2) is 11.5 Å². The van der Waals surface area contributed by atoms with Crippen molar-refractivity contribution in [3.05, 3.63) is 128 Å². The van der Waals surface area contributed by atoms with E-state index < -0.39 is 0 Å². The number of nitrogens with zero attached hydrogens (tertiary/aromatic N) is 1. The van der Waals surface area contributed by atoms with Crippen molar-refractivity contribution in [2.45, 2.75) is 31.9 Å². The van der Waals surface area contributed by atoms with Crippen LogP contribution in [0.15, 0.2) is 102 Å². The number of hydrogen-bond acceptors (Lipinski definition) is 4. The summed E-state index contributed by atoms with van der Waals surface area (Å²) in [6, 6.07) is 29.9. The predicted octanol–water partition coefficient (Wildman–Crippen LogP) is 8.76. The summed E-state index contributed by atoms with van der Waals surface area (Å²) in [4.78, 5) is 4.76. The zero-order chi connectivity index (χ0) is 26.8. The average Bonchev–Trinajstić information content (AvgIpc) is 3.46. The molecule has 0 saturated carbocycles. The van der Waals surface area contributed by atoms with Gasteiger partial charge in [-0.05, 0) is 94.4 Å². The summed E-state index contributed by atoms with van der Waals surface area (Å²) in [6.07, 6.45) is 7.72. The summed E-state index contributed by atoms with van der Waals surface area (Å²) in [5.41, 5.74) is 8.30. The molecule has 4 nitrogen and oxygen atoms in total. The van der Waals surface area contributed by atoms with Crippen molar-refractivity contribution in [1.29, 1.82) is 0 Å². The number of rotatable bonds is 7. The first-order valence-corrected chi connectivity index (χ1v) is 14.4. The van der Waals surface area contributed by atoms with Crippen LogP contribution in [0.3, 0.4) is 0 Å². The third-order valence-corrected chi connectivity index (χ3v) is 8.41. The normalized spacial score (nSPS) is 19.4. The Hall–Kier alpha value is -3.58.